The van der Waals surface area contributed by atoms with Crippen LogP contribution < -0.4 is 9.47 Å². The third-order valence-electron chi connectivity index (χ3n) is 6.60. The molecule has 1 aliphatic rings. The quantitative estimate of drug-likeness (QED) is 0.153. The molecule has 1 N–H and O–H groups in total. The van der Waals surface area contributed by atoms with E-state index in [1.807, 2.05) is 54.6 Å². The molecule has 1 aliphatic heterocycles. The number of Topliss-reactive ketones (excluding diaryl/α,β-unsaturated/α-hetero) is 1. The van der Waals surface area contributed by atoms with Crippen LogP contribution in [-0.4, -0.2) is 42.0 Å². The maximum absolute atomic E-state index is 13.3. The Hall–Kier alpha value is -4.06. The Morgan fingerprint density at radius 2 is 1.57 bits per heavy atom. The van der Waals surface area contributed by atoms with Crippen LogP contribution in [0.2, 0.25) is 0 Å². The number of ketones is 1. The number of likely N-dealkylation sites (tertiary alicyclic amines) is 1. The third kappa shape index (κ3) is 6.02. The van der Waals surface area contributed by atoms with Gasteiger partial charge in [-0.05, 0) is 60.4 Å². The lowest BCUT2D eigenvalue weighted by Gasteiger charge is -2.25. The maximum atomic E-state index is 13.3. The number of methoxy groups -OCH3 is 1. The Labute approximate surface area is 218 Å². The van der Waals surface area contributed by atoms with E-state index < -0.39 is 17.7 Å². The number of nitrogens with zero attached hydrogens (tertiary/aromatic N) is 1. The number of rotatable bonds is 11. The van der Waals surface area contributed by atoms with Crippen molar-refractivity contribution >= 4 is 17.4 Å². The minimum absolute atomic E-state index is 0.0832. The van der Waals surface area contributed by atoms with Crippen molar-refractivity contribution in [3.63, 3.8) is 0 Å². The first kappa shape index (κ1) is 26.0. The van der Waals surface area contributed by atoms with Crippen LogP contribution in [0.5, 0.6) is 11.5 Å². The third-order valence-corrected chi connectivity index (χ3v) is 6.60. The molecular formula is C31H33NO5. The van der Waals surface area contributed by atoms with Gasteiger partial charge in [-0.3, -0.25) is 9.59 Å². The van der Waals surface area contributed by atoms with E-state index in [0.29, 0.717) is 30.9 Å². The number of aliphatic hydroxyl groups is 1. The van der Waals surface area contributed by atoms with Gasteiger partial charge in [0.25, 0.3) is 11.7 Å². The number of hydrogen-bond acceptors (Lipinski definition) is 5. The second kappa shape index (κ2) is 12.3. The minimum atomic E-state index is -0.708. The molecule has 1 amide bonds. The molecule has 0 spiro atoms. The van der Waals surface area contributed by atoms with E-state index in [0.717, 1.165) is 36.1 Å². The molecule has 0 saturated carbocycles. The van der Waals surface area contributed by atoms with Crippen LogP contribution >= 0.6 is 0 Å². The first-order valence-corrected chi connectivity index (χ1v) is 12.7. The molecule has 1 fully saturated rings. The number of ether oxygens (including phenoxy) is 2. The van der Waals surface area contributed by atoms with Gasteiger partial charge in [-0.15, -0.1) is 0 Å². The van der Waals surface area contributed by atoms with E-state index in [2.05, 4.69) is 6.92 Å². The number of carbonyl (C=O) groups is 2. The second-order valence-electron chi connectivity index (χ2n) is 9.08. The zero-order valence-corrected chi connectivity index (χ0v) is 21.4. The summed E-state index contributed by atoms with van der Waals surface area (Å²) in [4.78, 5) is 28.0. The summed E-state index contributed by atoms with van der Waals surface area (Å²) >= 11 is 0. The Kier molecular flexibility index (Phi) is 8.62. The van der Waals surface area contributed by atoms with Gasteiger partial charge in [0.15, 0.2) is 0 Å². The van der Waals surface area contributed by atoms with Crippen molar-refractivity contribution < 1.29 is 24.2 Å². The first-order chi connectivity index (χ1) is 18.0. The molecule has 3 aromatic carbocycles. The monoisotopic (exact) mass is 499 g/mol. The summed E-state index contributed by atoms with van der Waals surface area (Å²) in [5, 5.41) is 11.2. The summed E-state index contributed by atoms with van der Waals surface area (Å²) in [7, 11) is 1.56. The Morgan fingerprint density at radius 3 is 2.22 bits per heavy atom. The van der Waals surface area contributed by atoms with E-state index in [1.165, 1.54) is 0 Å². The lowest BCUT2D eigenvalue weighted by atomic mass is 9.95. The van der Waals surface area contributed by atoms with Gasteiger partial charge in [-0.1, -0.05) is 62.2 Å². The van der Waals surface area contributed by atoms with E-state index in [-0.39, 0.29) is 11.3 Å². The van der Waals surface area contributed by atoms with Crippen LogP contribution in [0, 0.1) is 0 Å². The SMILES string of the molecule is CCCCCOc1ccc(C2/C(=C(\O)c3ccc(OC)cc3)C(=O)C(=O)N2CCc2ccccc2)cc1. The highest BCUT2D eigenvalue weighted by Gasteiger charge is 2.45. The number of amides is 1. The molecule has 192 valence electrons. The summed E-state index contributed by atoms with van der Waals surface area (Å²) in [6.45, 7) is 3.13. The van der Waals surface area contributed by atoms with Gasteiger partial charge >= 0.3 is 0 Å². The highest BCUT2D eigenvalue weighted by Crippen LogP contribution is 2.40. The minimum Gasteiger partial charge on any atom is -0.507 e. The van der Waals surface area contributed by atoms with E-state index in [9.17, 15) is 14.7 Å². The Balaban J connectivity index is 1.68. The molecule has 1 unspecified atom stereocenters. The predicted octanol–water partition coefficient (Wildman–Crippen LogP) is 5.93. The van der Waals surface area contributed by atoms with Crippen molar-refractivity contribution in [2.24, 2.45) is 0 Å². The lowest BCUT2D eigenvalue weighted by Crippen LogP contribution is -2.31. The maximum Gasteiger partial charge on any atom is 0.295 e. The molecule has 37 heavy (non-hydrogen) atoms. The Morgan fingerprint density at radius 1 is 0.892 bits per heavy atom. The average Bonchev–Trinajstić information content (AvgIpc) is 3.19. The van der Waals surface area contributed by atoms with Crippen molar-refractivity contribution in [2.75, 3.05) is 20.3 Å². The smallest absolute Gasteiger partial charge is 0.295 e. The number of hydrogen-bond donors (Lipinski definition) is 1. The first-order valence-electron chi connectivity index (χ1n) is 12.7. The molecule has 1 saturated heterocycles. The lowest BCUT2D eigenvalue weighted by molar-refractivity contribution is -0.139. The van der Waals surface area contributed by atoms with Gasteiger partial charge in [-0.2, -0.15) is 0 Å². The van der Waals surface area contributed by atoms with E-state index in [4.69, 9.17) is 9.47 Å². The van der Waals surface area contributed by atoms with Crippen molar-refractivity contribution in [1.82, 2.24) is 4.90 Å². The van der Waals surface area contributed by atoms with Crippen molar-refractivity contribution in [3.05, 3.63) is 101 Å². The zero-order valence-electron chi connectivity index (χ0n) is 21.4. The summed E-state index contributed by atoms with van der Waals surface area (Å²) < 4.78 is 11.1. The average molecular weight is 500 g/mol. The van der Waals surface area contributed by atoms with Crippen LogP contribution in [0.25, 0.3) is 5.76 Å². The summed E-state index contributed by atoms with van der Waals surface area (Å²) in [5.74, 6) is -0.141. The van der Waals surface area contributed by atoms with Crippen LogP contribution in [0.4, 0.5) is 0 Å². The number of unbranched alkanes of at least 4 members (excludes halogenated alkanes) is 2. The van der Waals surface area contributed by atoms with Gasteiger partial charge in [0.1, 0.15) is 17.3 Å². The van der Waals surface area contributed by atoms with Crippen LogP contribution in [0.15, 0.2) is 84.4 Å². The molecule has 6 heteroatoms. The van der Waals surface area contributed by atoms with Gasteiger partial charge in [0.05, 0.1) is 25.3 Å². The summed E-state index contributed by atoms with van der Waals surface area (Å²) in [6.07, 6.45) is 3.81. The topological polar surface area (TPSA) is 76.1 Å². The Bertz CT molecular complexity index is 1230. The highest BCUT2D eigenvalue weighted by molar-refractivity contribution is 6.46. The molecule has 6 nitrogen and oxygen atoms in total. The van der Waals surface area contributed by atoms with Crippen LogP contribution in [-0.2, 0) is 16.0 Å². The molecule has 1 heterocycles. The fourth-order valence-corrected chi connectivity index (χ4v) is 4.54. The van der Waals surface area contributed by atoms with Crippen molar-refractivity contribution in [1.29, 1.82) is 0 Å². The molecular weight excluding hydrogens is 466 g/mol. The molecule has 0 radical (unpaired) electrons. The van der Waals surface area contributed by atoms with Crippen LogP contribution in [0.3, 0.4) is 0 Å². The molecule has 1 atom stereocenters. The number of carbonyl (C=O) groups excluding carboxylic acids is 2. The summed E-state index contributed by atoms with van der Waals surface area (Å²) in [5.41, 5.74) is 2.33. The van der Waals surface area contributed by atoms with E-state index in [1.54, 1.807) is 36.3 Å². The van der Waals surface area contributed by atoms with Crippen molar-refractivity contribution in [2.45, 2.75) is 38.6 Å². The normalized spacial score (nSPS) is 16.7. The van der Waals surface area contributed by atoms with Gasteiger partial charge in [0.2, 0.25) is 0 Å². The largest absolute Gasteiger partial charge is 0.507 e. The highest BCUT2D eigenvalue weighted by atomic mass is 16.5. The standard InChI is InChI=1S/C31H33NO5/c1-3-4-8-21-37-26-17-11-23(12-18-26)28-27(29(33)24-13-15-25(36-2)16-14-24)30(34)31(35)32(28)20-19-22-9-6-5-7-10-22/h5-7,9-18,28,33H,3-4,8,19-21H2,1-2H3/b29-27+. The molecule has 0 bridgehead atoms. The van der Waals surface area contributed by atoms with Gasteiger partial charge in [-0.25, -0.2) is 0 Å². The molecule has 0 aliphatic carbocycles. The van der Waals surface area contributed by atoms with Gasteiger partial charge in [0, 0.05) is 12.1 Å². The number of benzene rings is 3. The predicted molar refractivity (Wildman–Crippen MR) is 144 cm³/mol. The second-order valence-corrected chi connectivity index (χ2v) is 9.08. The molecule has 0 aromatic heterocycles. The molecule has 3 aromatic rings. The fraction of sp³-hybridized carbons (Fsp3) is 0.290. The van der Waals surface area contributed by atoms with Crippen LogP contribution in [0.1, 0.15) is 48.9 Å². The van der Waals surface area contributed by atoms with Crippen molar-refractivity contribution in [3.8, 4) is 11.5 Å². The summed E-state index contributed by atoms with van der Waals surface area (Å²) in [6, 6.07) is 23.3. The number of aliphatic hydroxyl groups excluding tert-OH is 1. The van der Waals surface area contributed by atoms with E-state index >= 15 is 0 Å². The zero-order chi connectivity index (χ0) is 26.2. The fourth-order valence-electron chi connectivity index (χ4n) is 4.54. The molecule has 4 rings (SSSR count). The van der Waals surface area contributed by atoms with Gasteiger partial charge < -0.3 is 19.5 Å².